The van der Waals surface area contributed by atoms with Crippen LogP contribution in [-0.4, -0.2) is 168 Å². The van der Waals surface area contributed by atoms with E-state index in [1.54, 1.807) is 29.3 Å². The van der Waals surface area contributed by atoms with Crippen molar-refractivity contribution in [3.63, 3.8) is 0 Å². The second kappa shape index (κ2) is 35.6. The summed E-state index contributed by atoms with van der Waals surface area (Å²) in [5.74, 6) is -8.76. The summed E-state index contributed by atoms with van der Waals surface area (Å²) in [6.45, 7) is 9.00. The second-order valence-corrected chi connectivity index (χ2v) is 20.0. The van der Waals surface area contributed by atoms with Crippen molar-refractivity contribution < 1.29 is 84.7 Å². The van der Waals surface area contributed by atoms with Crippen LogP contribution in [0.2, 0.25) is 0 Å². The maximum atomic E-state index is 15.4. The number of carbonyl (C=O) groups is 7. The fraction of sp³-hybridized carbons (Fsp3) is 0.481. The molecule has 446 valence electrons. The zero-order chi connectivity index (χ0) is 60.0. The minimum absolute atomic E-state index is 0.0120. The molecule has 3 atom stereocenters. The number of hydrogen-bond donors (Lipinski definition) is 7. The number of hydrogen-bond acceptors (Lipinski definition) is 14. The minimum Gasteiger partial charge on any atom is -0.480 e. The van der Waals surface area contributed by atoms with E-state index in [9.17, 15) is 51.4 Å². The summed E-state index contributed by atoms with van der Waals surface area (Å²) in [6.07, 6.45) is -0.846. The molecule has 27 heteroatoms. The van der Waals surface area contributed by atoms with Crippen molar-refractivity contribution in [2.24, 2.45) is 16.9 Å². The molecule has 0 aliphatic carbocycles. The summed E-state index contributed by atoms with van der Waals surface area (Å²) in [5, 5.41) is 25.0. The van der Waals surface area contributed by atoms with Gasteiger partial charge in [-0.3, -0.25) is 29.0 Å². The van der Waals surface area contributed by atoms with Gasteiger partial charge in [0.15, 0.2) is 0 Å². The average molecular weight is 1170 g/mol. The van der Waals surface area contributed by atoms with Crippen molar-refractivity contribution >= 4 is 53.2 Å². The van der Waals surface area contributed by atoms with E-state index in [0.717, 1.165) is 35.5 Å². The number of aromatic nitrogens is 2. The van der Waals surface area contributed by atoms with Gasteiger partial charge in [-0.1, -0.05) is 51.1 Å². The molecule has 0 bridgehead atoms. The number of nitrogens with two attached hydrogens (primary N) is 2. The van der Waals surface area contributed by atoms with Gasteiger partial charge in [0.05, 0.1) is 77.5 Å². The molecule has 4 aromatic rings. The van der Waals surface area contributed by atoms with Crippen LogP contribution in [-0.2, 0) is 65.5 Å². The maximum absolute atomic E-state index is 15.4. The Morgan fingerprint density at radius 2 is 1.37 bits per heavy atom. The molecule has 9 N–H and O–H groups in total. The van der Waals surface area contributed by atoms with E-state index < -0.39 is 89.2 Å². The number of carboxylic acid groups (broad SMARTS) is 2. The first-order valence-corrected chi connectivity index (χ1v) is 26.7. The first kappa shape index (κ1) is 68.2. The van der Waals surface area contributed by atoms with E-state index >= 15 is 4.39 Å². The van der Waals surface area contributed by atoms with E-state index in [1.165, 1.54) is 12.4 Å². The number of aliphatic carboxylic acids is 2. The van der Waals surface area contributed by atoms with Gasteiger partial charge in [-0.15, -0.1) is 11.8 Å². The number of carboxylic acids is 2. The van der Waals surface area contributed by atoms with Crippen LogP contribution in [0, 0.1) is 17.0 Å². The van der Waals surface area contributed by atoms with Crippen molar-refractivity contribution in [1.82, 2.24) is 30.4 Å². The Kier molecular flexibility index (Phi) is 30.0. The van der Waals surface area contributed by atoms with Gasteiger partial charge in [0.1, 0.15) is 23.7 Å². The van der Waals surface area contributed by atoms with Gasteiger partial charge in [-0.2, -0.15) is 13.2 Å². The van der Waals surface area contributed by atoms with Gasteiger partial charge in [0.25, 0.3) is 0 Å². The number of carbonyl (C=O) groups excluding carboxylic acids is 5. The van der Waals surface area contributed by atoms with E-state index in [-0.39, 0.29) is 69.2 Å². The van der Waals surface area contributed by atoms with E-state index in [1.807, 2.05) is 55.7 Å². The number of pyridine rings is 1. The van der Waals surface area contributed by atoms with Crippen molar-refractivity contribution in [2.75, 3.05) is 84.0 Å². The number of alkyl halides is 3. The smallest absolute Gasteiger partial charge is 0.480 e. The van der Waals surface area contributed by atoms with Gasteiger partial charge in [-0.05, 0) is 59.4 Å². The number of amides is 5. The molecule has 0 radical (unpaired) electrons. The molecule has 0 saturated heterocycles. The van der Waals surface area contributed by atoms with Crippen LogP contribution in [0.25, 0.3) is 11.1 Å². The van der Waals surface area contributed by atoms with Crippen LogP contribution < -0.4 is 27.4 Å². The number of primary amides is 1. The summed E-state index contributed by atoms with van der Waals surface area (Å²) in [4.78, 5) is 92.7. The molecule has 0 aliphatic rings. The Bertz CT molecular complexity index is 2610. The van der Waals surface area contributed by atoms with Gasteiger partial charge in [0.2, 0.25) is 29.5 Å². The lowest BCUT2D eigenvalue weighted by atomic mass is 9.83. The Morgan fingerprint density at radius 3 is 1.94 bits per heavy atom. The molecule has 0 spiro atoms. The number of nitrogens with one attached hydrogen (secondary N) is 3. The van der Waals surface area contributed by atoms with E-state index in [2.05, 4.69) is 20.9 Å². The van der Waals surface area contributed by atoms with E-state index in [4.69, 9.17) is 40.3 Å². The van der Waals surface area contributed by atoms with Crippen molar-refractivity contribution in [2.45, 2.75) is 77.3 Å². The second-order valence-electron chi connectivity index (χ2n) is 19.0. The molecular weight excluding hydrogens is 1100 g/mol. The number of benzene rings is 2. The molecule has 5 amide bonds. The van der Waals surface area contributed by atoms with Crippen molar-refractivity contribution in [3.8, 4) is 11.1 Å². The van der Waals surface area contributed by atoms with Crippen LogP contribution in [0.5, 0.6) is 0 Å². The van der Waals surface area contributed by atoms with Gasteiger partial charge in [-0.25, -0.2) is 18.4 Å². The topological polar surface area (TPSA) is 306 Å². The number of halogens is 5. The number of ether oxygens (including phenoxy) is 4. The quantitative estimate of drug-likeness (QED) is 0.0250. The minimum atomic E-state index is -5.08. The maximum Gasteiger partial charge on any atom is 0.490 e. The summed E-state index contributed by atoms with van der Waals surface area (Å²) in [5.41, 5.74) is 12.6. The molecule has 2 aromatic heterocycles. The largest absolute Gasteiger partial charge is 0.490 e. The number of thioether (sulfide) groups is 1. The third-order valence-electron chi connectivity index (χ3n) is 11.4. The lowest BCUT2D eigenvalue weighted by Crippen LogP contribution is -2.49. The Labute approximate surface area is 470 Å². The summed E-state index contributed by atoms with van der Waals surface area (Å²) in [7, 11) is 0. The van der Waals surface area contributed by atoms with Crippen LogP contribution in [0.1, 0.15) is 62.9 Å². The van der Waals surface area contributed by atoms with Gasteiger partial charge in [0, 0.05) is 73.8 Å². The molecule has 0 saturated carbocycles. The van der Waals surface area contributed by atoms with Gasteiger partial charge < -0.3 is 66.0 Å². The SMILES string of the molecule is CC(C)(C)[C@H](c1cc(-c2cc(F)ccc2F)cn1Cc1ccccc1)N(CCCNC(=O)[C@H](CC(N)=O)NC(=O)Cc1ccncc1)C(=O)CSC[C@H](NC(=O)CCOCCOCCOCCOCCN)C(=O)O.O=C(O)C(F)(F)F. The predicted octanol–water partition coefficient (Wildman–Crippen LogP) is 4.25. The van der Waals surface area contributed by atoms with Crippen LogP contribution >= 0.6 is 11.8 Å². The first-order chi connectivity index (χ1) is 38.4. The third-order valence-corrected chi connectivity index (χ3v) is 12.4. The highest BCUT2D eigenvalue weighted by molar-refractivity contribution is 8.00. The lowest BCUT2D eigenvalue weighted by molar-refractivity contribution is -0.192. The number of rotatable bonds is 35. The molecule has 21 nitrogen and oxygen atoms in total. The highest BCUT2D eigenvalue weighted by Crippen LogP contribution is 2.41. The molecule has 2 aromatic carbocycles. The highest BCUT2D eigenvalue weighted by atomic mass is 32.2. The summed E-state index contributed by atoms with van der Waals surface area (Å²) in [6, 6.07) is 14.2. The first-order valence-electron chi connectivity index (χ1n) is 25.5. The van der Waals surface area contributed by atoms with Crippen molar-refractivity contribution in [1.29, 1.82) is 0 Å². The zero-order valence-electron chi connectivity index (χ0n) is 45.2. The molecule has 0 aliphatic heterocycles. The Morgan fingerprint density at radius 1 is 0.778 bits per heavy atom. The fourth-order valence-corrected chi connectivity index (χ4v) is 8.65. The van der Waals surface area contributed by atoms with Crippen LogP contribution in [0.15, 0.2) is 85.3 Å². The Hall–Kier alpha value is -7.04. The van der Waals surface area contributed by atoms with Crippen LogP contribution in [0.4, 0.5) is 22.0 Å². The fourth-order valence-electron chi connectivity index (χ4n) is 7.73. The lowest BCUT2D eigenvalue weighted by Gasteiger charge is -2.41. The normalized spacial score (nSPS) is 12.5. The summed E-state index contributed by atoms with van der Waals surface area (Å²) < 4.78 is 85.2. The molecule has 2 heterocycles. The molecular formula is C54H71F5N8O13S. The van der Waals surface area contributed by atoms with Crippen molar-refractivity contribution in [3.05, 3.63) is 114 Å². The highest BCUT2D eigenvalue weighted by Gasteiger charge is 2.39. The Balaban J connectivity index is 0.00000230. The van der Waals surface area contributed by atoms with Gasteiger partial charge >= 0.3 is 18.1 Å². The van der Waals surface area contributed by atoms with Crippen LogP contribution in [0.3, 0.4) is 0 Å². The van der Waals surface area contributed by atoms with E-state index in [0.29, 0.717) is 62.9 Å². The average Bonchev–Trinajstić information content (AvgIpc) is 3.93. The third kappa shape index (κ3) is 26.4. The molecule has 81 heavy (non-hydrogen) atoms. The molecule has 4 rings (SSSR count). The monoisotopic (exact) mass is 1170 g/mol. The molecule has 0 fully saturated rings. The number of nitrogens with zero attached hydrogens (tertiary/aromatic N) is 3. The zero-order valence-corrected chi connectivity index (χ0v) is 46.0. The molecule has 0 unspecified atom stereocenters. The predicted molar refractivity (Wildman–Crippen MR) is 288 cm³/mol. The summed E-state index contributed by atoms with van der Waals surface area (Å²) >= 11 is 0.999. The standard InChI is InChI=1S/C52H70F2N8O11S.C2HF3O2/c1-52(2,3)49(44-29-38(40-30-39(53)10-11-41(40)54)33-61(44)32-37-8-5-4-6-9-37)62(19-7-16-58-50(67)42(31-45(56)63)59-47(65)28-36-12-17-57-18-13-36)48(66)35-74-34-43(51(68)69)60-46(64)14-20-70-22-24-72-26-27-73-25-23-71-21-15-55;3-2(4,5)1(6)7/h4-6,8-13,17-18,29-30,33,42-43,49H,7,14-16,19-28,31-32,34-35,55H2,1-3H3,(H2,56,63)(H,58,67)(H,59,65)(H,60,64)(H,68,69);(H,6,7)/t42-,43-,49-;/m0./s1.